The highest BCUT2D eigenvalue weighted by atomic mass is 79.9. The second-order valence-corrected chi connectivity index (χ2v) is 5.97. The monoisotopic (exact) mass is 325 g/mol. The number of hydrogen-bond donors (Lipinski definition) is 1. The molecule has 18 heavy (non-hydrogen) atoms. The quantitative estimate of drug-likeness (QED) is 0.856. The molecule has 0 radical (unpaired) electrons. The van der Waals surface area contributed by atoms with Crippen LogP contribution in [0.1, 0.15) is 17.9 Å². The summed E-state index contributed by atoms with van der Waals surface area (Å²) in [5, 5.41) is 5.22. The van der Waals surface area contributed by atoms with E-state index in [2.05, 4.69) is 42.7 Å². The van der Waals surface area contributed by atoms with Gasteiger partial charge in [-0.15, -0.1) is 11.3 Å². The summed E-state index contributed by atoms with van der Waals surface area (Å²) in [6.07, 6.45) is 1.98. The van der Waals surface area contributed by atoms with Crippen LogP contribution in [0.25, 0.3) is 10.6 Å². The van der Waals surface area contributed by atoms with Crippen molar-refractivity contribution in [3.05, 3.63) is 33.5 Å². The van der Waals surface area contributed by atoms with Crippen molar-refractivity contribution in [3.8, 4) is 10.6 Å². The van der Waals surface area contributed by atoms with E-state index >= 15 is 0 Å². The fourth-order valence-electron chi connectivity index (χ4n) is 1.74. The van der Waals surface area contributed by atoms with Crippen molar-refractivity contribution in [2.75, 3.05) is 13.6 Å². The summed E-state index contributed by atoms with van der Waals surface area (Å²) < 4.78 is 1.11. The molecular formula is C13H16BrN3S. The Labute approximate surface area is 120 Å². The van der Waals surface area contributed by atoms with E-state index < -0.39 is 0 Å². The minimum Gasteiger partial charge on any atom is -0.320 e. The molecule has 1 N–H and O–H groups in total. The smallest absolute Gasteiger partial charge is 0.129 e. The third kappa shape index (κ3) is 3.60. The number of nitrogens with zero attached hydrogens (tertiary/aromatic N) is 2. The van der Waals surface area contributed by atoms with Gasteiger partial charge in [0.25, 0.3) is 0 Å². The van der Waals surface area contributed by atoms with Gasteiger partial charge in [0.2, 0.25) is 0 Å². The molecule has 0 aliphatic carbocycles. The van der Waals surface area contributed by atoms with Crippen LogP contribution in [0.3, 0.4) is 0 Å². The Morgan fingerprint density at radius 2 is 2.17 bits per heavy atom. The summed E-state index contributed by atoms with van der Waals surface area (Å²) in [5.74, 6) is 0.935. The molecule has 0 spiro atoms. The predicted molar refractivity (Wildman–Crippen MR) is 80.0 cm³/mol. The van der Waals surface area contributed by atoms with E-state index in [9.17, 15) is 0 Å². The highest BCUT2D eigenvalue weighted by molar-refractivity contribution is 9.10. The molecule has 0 aliphatic heterocycles. The molecule has 0 saturated heterocycles. The van der Waals surface area contributed by atoms with Crippen molar-refractivity contribution in [2.24, 2.45) is 0 Å². The van der Waals surface area contributed by atoms with Gasteiger partial charge in [0.05, 0.1) is 10.6 Å². The maximum atomic E-state index is 4.64. The van der Waals surface area contributed by atoms with Crippen LogP contribution in [0.4, 0.5) is 0 Å². The zero-order valence-corrected chi connectivity index (χ0v) is 12.9. The lowest BCUT2D eigenvalue weighted by Gasteiger charge is -2.04. The van der Waals surface area contributed by atoms with Gasteiger partial charge in [-0.1, -0.05) is 0 Å². The van der Waals surface area contributed by atoms with E-state index in [1.807, 2.05) is 20.0 Å². The fraction of sp³-hybridized carbons (Fsp3) is 0.385. The van der Waals surface area contributed by atoms with E-state index in [1.165, 1.54) is 4.88 Å². The second-order valence-electron chi connectivity index (χ2n) is 4.15. The van der Waals surface area contributed by atoms with Crippen LogP contribution < -0.4 is 5.32 Å². The molecular weight excluding hydrogens is 310 g/mol. The molecule has 0 aliphatic rings. The Morgan fingerprint density at radius 1 is 1.33 bits per heavy atom. The lowest BCUT2D eigenvalue weighted by molar-refractivity contribution is 0.701. The number of halogens is 1. The summed E-state index contributed by atoms with van der Waals surface area (Å²) in [6, 6.07) is 4.14. The molecule has 0 amide bonds. The SMILES string of the molecule is CNCCCc1nc(C)cc(-c2cc(Br)cs2)n1. The zero-order chi connectivity index (χ0) is 13.0. The molecule has 3 nitrogen and oxygen atoms in total. The van der Waals surface area contributed by atoms with Gasteiger partial charge in [0.1, 0.15) is 5.82 Å². The molecule has 96 valence electrons. The zero-order valence-electron chi connectivity index (χ0n) is 10.5. The van der Waals surface area contributed by atoms with Crippen LogP contribution in [0, 0.1) is 6.92 Å². The van der Waals surface area contributed by atoms with E-state index in [0.717, 1.165) is 41.1 Å². The maximum Gasteiger partial charge on any atom is 0.129 e. The number of aryl methyl sites for hydroxylation is 2. The van der Waals surface area contributed by atoms with Gasteiger partial charge in [-0.3, -0.25) is 0 Å². The standard InChI is InChI=1S/C13H16BrN3S/c1-9-6-11(12-7-10(14)8-18-12)17-13(16-9)4-3-5-15-2/h6-8,15H,3-5H2,1-2H3. The summed E-state index contributed by atoms with van der Waals surface area (Å²) in [4.78, 5) is 10.3. The number of rotatable bonds is 5. The average molecular weight is 326 g/mol. The van der Waals surface area contributed by atoms with Crippen LogP contribution in [0.2, 0.25) is 0 Å². The minimum atomic E-state index is 0.919. The van der Waals surface area contributed by atoms with Gasteiger partial charge in [-0.2, -0.15) is 0 Å². The Kier molecular flexibility index (Phi) is 4.86. The lowest BCUT2D eigenvalue weighted by atomic mass is 10.2. The molecule has 0 fully saturated rings. The van der Waals surface area contributed by atoms with Crippen LogP contribution in [0.15, 0.2) is 22.0 Å². The van der Waals surface area contributed by atoms with E-state index in [-0.39, 0.29) is 0 Å². The third-order valence-corrected chi connectivity index (χ3v) is 4.26. The van der Waals surface area contributed by atoms with Crippen LogP contribution in [-0.2, 0) is 6.42 Å². The summed E-state index contributed by atoms with van der Waals surface area (Å²) in [7, 11) is 1.96. The van der Waals surface area contributed by atoms with Gasteiger partial charge in [0, 0.05) is 22.0 Å². The number of thiophene rings is 1. The molecule has 0 unspecified atom stereocenters. The lowest BCUT2D eigenvalue weighted by Crippen LogP contribution is -2.09. The predicted octanol–water partition coefficient (Wildman–Crippen LogP) is 3.43. The van der Waals surface area contributed by atoms with Crippen molar-refractivity contribution in [2.45, 2.75) is 19.8 Å². The first-order valence-electron chi connectivity index (χ1n) is 5.92. The molecule has 2 aromatic heterocycles. The summed E-state index contributed by atoms with van der Waals surface area (Å²) in [5.41, 5.74) is 2.06. The third-order valence-electron chi connectivity index (χ3n) is 2.55. The van der Waals surface area contributed by atoms with Gasteiger partial charge in [0.15, 0.2) is 0 Å². The van der Waals surface area contributed by atoms with E-state index in [1.54, 1.807) is 11.3 Å². The van der Waals surface area contributed by atoms with Crippen LogP contribution >= 0.6 is 27.3 Å². The maximum absolute atomic E-state index is 4.64. The van der Waals surface area contributed by atoms with Crippen molar-refractivity contribution in [1.82, 2.24) is 15.3 Å². The molecule has 2 heterocycles. The average Bonchev–Trinajstić information content (AvgIpc) is 2.76. The van der Waals surface area contributed by atoms with Gasteiger partial charge >= 0.3 is 0 Å². The largest absolute Gasteiger partial charge is 0.320 e. The van der Waals surface area contributed by atoms with Crippen molar-refractivity contribution in [1.29, 1.82) is 0 Å². The normalized spacial score (nSPS) is 10.8. The molecule has 2 aromatic rings. The summed E-state index contributed by atoms with van der Waals surface area (Å²) in [6.45, 7) is 3.02. The topological polar surface area (TPSA) is 37.8 Å². The van der Waals surface area contributed by atoms with Gasteiger partial charge in [-0.05, 0) is 55.0 Å². The molecule has 2 rings (SSSR count). The molecule has 0 bridgehead atoms. The Morgan fingerprint density at radius 3 is 2.83 bits per heavy atom. The summed E-state index contributed by atoms with van der Waals surface area (Å²) >= 11 is 5.18. The first kappa shape index (κ1) is 13.6. The van der Waals surface area contributed by atoms with Crippen LogP contribution in [0.5, 0.6) is 0 Å². The van der Waals surface area contributed by atoms with Gasteiger partial charge in [-0.25, -0.2) is 9.97 Å². The molecule has 0 atom stereocenters. The van der Waals surface area contributed by atoms with Crippen LogP contribution in [-0.4, -0.2) is 23.6 Å². The minimum absolute atomic E-state index is 0.919. The second kappa shape index (κ2) is 6.41. The highest BCUT2D eigenvalue weighted by Gasteiger charge is 2.06. The molecule has 0 saturated carbocycles. The number of aromatic nitrogens is 2. The molecule has 5 heteroatoms. The van der Waals surface area contributed by atoms with Gasteiger partial charge < -0.3 is 5.32 Å². The first-order valence-corrected chi connectivity index (χ1v) is 7.60. The Bertz CT molecular complexity index is 525. The number of nitrogens with one attached hydrogen (secondary N) is 1. The number of hydrogen-bond acceptors (Lipinski definition) is 4. The Balaban J connectivity index is 2.21. The van der Waals surface area contributed by atoms with E-state index in [0.29, 0.717) is 0 Å². The van der Waals surface area contributed by atoms with Crippen molar-refractivity contribution < 1.29 is 0 Å². The fourth-order valence-corrected chi connectivity index (χ4v) is 3.13. The molecule has 0 aromatic carbocycles. The first-order chi connectivity index (χ1) is 8.69. The Hall–Kier alpha value is -0.780. The van der Waals surface area contributed by atoms with Crippen molar-refractivity contribution in [3.63, 3.8) is 0 Å². The highest BCUT2D eigenvalue weighted by Crippen LogP contribution is 2.28. The van der Waals surface area contributed by atoms with E-state index in [4.69, 9.17) is 0 Å². The van der Waals surface area contributed by atoms with Crippen molar-refractivity contribution >= 4 is 27.3 Å².